The Bertz CT molecular complexity index is 1160. The van der Waals surface area contributed by atoms with Crippen LogP contribution in [0, 0.1) is 23.4 Å². The summed E-state index contributed by atoms with van der Waals surface area (Å²) in [4.78, 5) is 5.38. The van der Waals surface area contributed by atoms with Crippen LogP contribution in [0.15, 0.2) is 48.5 Å². The van der Waals surface area contributed by atoms with Crippen LogP contribution in [0.2, 0.25) is 5.02 Å². The molecular formula is C29H36ClN4+. The van der Waals surface area contributed by atoms with Crippen LogP contribution in [-0.2, 0) is 13.1 Å². The van der Waals surface area contributed by atoms with E-state index >= 15 is 0 Å². The zero-order chi connectivity index (χ0) is 23.3. The van der Waals surface area contributed by atoms with Gasteiger partial charge in [0.25, 0.3) is 0 Å². The van der Waals surface area contributed by atoms with Crippen molar-refractivity contribution in [2.75, 3.05) is 38.0 Å². The molecule has 0 radical (unpaired) electrons. The molecule has 2 aliphatic heterocycles. The van der Waals surface area contributed by atoms with Gasteiger partial charge in [0.1, 0.15) is 0 Å². The molecule has 0 aliphatic carbocycles. The third-order valence-electron chi connectivity index (χ3n) is 7.41. The van der Waals surface area contributed by atoms with Gasteiger partial charge in [-0.3, -0.25) is 4.90 Å². The minimum Gasteiger partial charge on any atom is -0.374 e. The first kappa shape index (κ1) is 23.3. The lowest BCUT2D eigenvalue weighted by molar-refractivity contribution is -0.288. The molecule has 1 aromatic heterocycles. The summed E-state index contributed by atoms with van der Waals surface area (Å²) in [6.45, 7) is 9.81. The van der Waals surface area contributed by atoms with E-state index in [-0.39, 0.29) is 0 Å². The van der Waals surface area contributed by atoms with Crippen molar-refractivity contribution in [3.63, 3.8) is 0 Å². The molecule has 5 rings (SSSR count). The number of aryl methyl sites for hydroxylation is 1. The van der Waals surface area contributed by atoms with E-state index in [1.165, 1.54) is 68.3 Å². The molecule has 2 aliphatic rings. The van der Waals surface area contributed by atoms with E-state index in [2.05, 4.69) is 62.7 Å². The number of likely N-dealkylation sites (tertiary alicyclic amines) is 2. The molecule has 0 atom stereocenters. The van der Waals surface area contributed by atoms with Gasteiger partial charge in [-0.1, -0.05) is 18.1 Å². The van der Waals surface area contributed by atoms with E-state index in [9.17, 15) is 0 Å². The predicted molar refractivity (Wildman–Crippen MR) is 139 cm³/mol. The second-order valence-corrected chi connectivity index (χ2v) is 10.0. The summed E-state index contributed by atoms with van der Waals surface area (Å²) in [7, 11) is 0. The van der Waals surface area contributed by atoms with Crippen molar-refractivity contribution in [3.05, 3.63) is 64.8 Å². The highest BCUT2D eigenvalue weighted by Crippen LogP contribution is 2.27. The first-order chi connectivity index (χ1) is 16.7. The normalized spacial score (nSPS) is 17.7. The molecule has 5 heteroatoms. The van der Waals surface area contributed by atoms with Crippen molar-refractivity contribution >= 4 is 16.6 Å². The predicted octanol–water partition coefficient (Wildman–Crippen LogP) is 4.88. The molecule has 2 fully saturated rings. The largest absolute Gasteiger partial charge is 0.374 e. The van der Waals surface area contributed by atoms with Crippen molar-refractivity contribution in [3.8, 4) is 11.8 Å². The van der Waals surface area contributed by atoms with Gasteiger partial charge in [0.05, 0.1) is 12.2 Å². The van der Waals surface area contributed by atoms with Crippen LogP contribution < -0.4 is 5.32 Å². The molecular weight excluding hydrogens is 440 g/mol. The maximum absolute atomic E-state index is 5.16. The molecule has 4 nitrogen and oxygen atoms in total. The molecule has 3 aromatic rings. The summed E-state index contributed by atoms with van der Waals surface area (Å²) in [5, 5.41) is 5.57. The Hall–Kier alpha value is -2.45. The Morgan fingerprint density at radius 3 is 2.50 bits per heavy atom. The zero-order valence-corrected chi connectivity index (χ0v) is 21.0. The molecule has 0 spiro atoms. The fourth-order valence-corrected chi connectivity index (χ4v) is 5.71. The summed E-state index contributed by atoms with van der Waals surface area (Å²) in [6.07, 6.45) is 5.40. The van der Waals surface area contributed by atoms with Crippen molar-refractivity contribution < 1.29 is 11.6 Å². The Kier molecular flexibility index (Phi) is 7.45. The number of nitrogens with zero attached hydrogens (tertiary/aromatic N) is 3. The first-order valence-electron chi connectivity index (χ1n) is 12.8. The molecule has 34 heavy (non-hydrogen) atoms. The summed E-state index contributed by atoms with van der Waals surface area (Å²) >= 11 is 5.16. The van der Waals surface area contributed by atoms with E-state index in [1.807, 2.05) is 24.3 Å². The number of halogens is 1. The quantitative estimate of drug-likeness (QED) is 0.514. The van der Waals surface area contributed by atoms with E-state index in [0.717, 1.165) is 35.5 Å². The average Bonchev–Trinajstić information content (AvgIpc) is 3.52. The Morgan fingerprint density at radius 1 is 1.00 bits per heavy atom. The van der Waals surface area contributed by atoms with Gasteiger partial charge >= 0.3 is 0 Å². The highest BCUT2D eigenvalue weighted by Gasteiger charge is 2.26. The van der Waals surface area contributed by atoms with Gasteiger partial charge in [-0.15, -0.1) is 0 Å². The molecule has 2 saturated heterocycles. The fraction of sp³-hybridized carbons (Fsp3) is 0.448. The van der Waals surface area contributed by atoms with Gasteiger partial charge < -0.3 is 14.8 Å². The minimum atomic E-state index is 0.612. The lowest BCUT2D eigenvalue weighted by Gasteiger charge is -2.36. The molecule has 178 valence electrons. The van der Waals surface area contributed by atoms with Crippen LogP contribution in [0.4, 0.5) is 5.69 Å². The van der Waals surface area contributed by atoms with Crippen LogP contribution in [0.25, 0.3) is 10.9 Å². The monoisotopic (exact) mass is 475 g/mol. The van der Waals surface area contributed by atoms with Gasteiger partial charge in [-0.05, 0) is 94.5 Å². The zero-order valence-electron chi connectivity index (χ0n) is 20.2. The molecule has 0 amide bonds. The van der Waals surface area contributed by atoms with Crippen molar-refractivity contribution in [2.45, 2.75) is 51.7 Å². The van der Waals surface area contributed by atoms with E-state index in [1.54, 1.807) is 0 Å². The Morgan fingerprint density at radius 2 is 1.76 bits per heavy atom. The van der Waals surface area contributed by atoms with Crippen LogP contribution >= 0.6 is 0 Å². The number of nitrogens with one attached hydrogen (secondary N) is 1. The van der Waals surface area contributed by atoms with Gasteiger partial charge in [-0.2, -0.15) is 0 Å². The second-order valence-electron chi connectivity index (χ2n) is 9.55. The number of aromatic nitrogens is 1. The molecule has 0 bridgehead atoms. The maximum Gasteiger partial charge on any atom is 0.225 e. The van der Waals surface area contributed by atoms with Gasteiger partial charge in [-0.25, -0.2) is 0 Å². The number of piperidine rings is 1. The molecule has 3 heterocycles. The molecule has 0 saturated carbocycles. The summed E-state index contributed by atoms with van der Waals surface area (Å²) in [5.74, 6) is 6.72. The standard InChI is InChI=1S/C29H36ClN4/c1-2-34-27(8-6-16-31-25-12-10-24(30)11-13-25)21-28-23(7-5-9-29(28)34)22-32-19-14-26(15-20-32)33-17-3-4-18-33/h5,7,9-13,21,26,30-31H,2-4,14-20,22H2,1H3/q+1. The molecule has 0 unspecified atom stereocenters. The highest BCUT2D eigenvalue weighted by atomic mass is 35.5. The van der Waals surface area contributed by atoms with E-state index in [4.69, 9.17) is 11.6 Å². The van der Waals surface area contributed by atoms with E-state index in [0.29, 0.717) is 6.54 Å². The summed E-state index contributed by atoms with van der Waals surface area (Å²) in [6, 6.07) is 17.7. The number of rotatable bonds is 6. The summed E-state index contributed by atoms with van der Waals surface area (Å²) in [5.41, 5.74) is 4.87. The third kappa shape index (κ3) is 5.28. The lowest BCUT2D eigenvalue weighted by Crippen LogP contribution is -2.43. The molecule has 1 N–H and O–H groups in total. The minimum absolute atomic E-state index is 0.612. The SMILES string of the molecule is CCn1c(C#CCNc2ccc([ClH+])cc2)cc2c(CN3CCC(N4CCCC4)CC3)cccc21. The Labute approximate surface area is 208 Å². The number of hydrogen-bond donors (Lipinski definition) is 1. The van der Waals surface area contributed by atoms with Crippen molar-refractivity contribution in [1.29, 1.82) is 0 Å². The summed E-state index contributed by atoms with van der Waals surface area (Å²) < 4.78 is 2.34. The van der Waals surface area contributed by atoms with Gasteiger partial charge in [0.15, 0.2) is 11.6 Å². The fourth-order valence-electron chi connectivity index (χ4n) is 5.57. The lowest BCUT2D eigenvalue weighted by atomic mass is 10.0. The average molecular weight is 476 g/mol. The Balaban J connectivity index is 1.26. The third-order valence-corrected chi connectivity index (χ3v) is 7.68. The van der Waals surface area contributed by atoms with Crippen LogP contribution in [-0.4, -0.2) is 53.1 Å². The number of anilines is 1. The number of benzene rings is 2. The van der Waals surface area contributed by atoms with Crippen molar-refractivity contribution in [1.82, 2.24) is 14.4 Å². The van der Waals surface area contributed by atoms with Crippen LogP contribution in [0.1, 0.15) is 43.9 Å². The van der Waals surface area contributed by atoms with Crippen molar-refractivity contribution in [2.24, 2.45) is 0 Å². The van der Waals surface area contributed by atoms with Crippen LogP contribution in [0.3, 0.4) is 0 Å². The van der Waals surface area contributed by atoms with Crippen LogP contribution in [0.5, 0.6) is 0 Å². The first-order valence-corrected chi connectivity index (χ1v) is 13.2. The maximum atomic E-state index is 5.16. The molecule has 2 aromatic carbocycles. The number of hydrogen-bond acceptors (Lipinski definition) is 3. The van der Waals surface area contributed by atoms with E-state index < -0.39 is 0 Å². The smallest absolute Gasteiger partial charge is 0.225 e. The highest BCUT2D eigenvalue weighted by molar-refractivity contribution is 5.85. The van der Waals surface area contributed by atoms with Gasteiger partial charge in [0.2, 0.25) is 5.02 Å². The topological polar surface area (TPSA) is 23.4 Å². The second kappa shape index (κ2) is 10.9. The number of fused-ring (bicyclic) bond motifs is 1. The van der Waals surface area contributed by atoms with Gasteiger partial charge in [0, 0.05) is 47.9 Å².